The fourth-order valence-electron chi connectivity index (χ4n) is 4.58. The van der Waals surface area contributed by atoms with Crippen LogP contribution < -0.4 is 9.64 Å². The number of hydrogen-bond acceptors (Lipinski definition) is 5. The van der Waals surface area contributed by atoms with Gasteiger partial charge in [0, 0.05) is 17.6 Å². The lowest BCUT2D eigenvalue weighted by atomic mass is 9.75. The van der Waals surface area contributed by atoms with Gasteiger partial charge in [-0.25, -0.2) is 9.18 Å². The first kappa shape index (κ1) is 27.2. The van der Waals surface area contributed by atoms with Gasteiger partial charge in [-0.05, 0) is 85.8 Å². The van der Waals surface area contributed by atoms with Crippen LogP contribution in [0.4, 0.5) is 14.9 Å². The molecule has 0 aromatic heterocycles. The molecule has 0 spiro atoms. The summed E-state index contributed by atoms with van der Waals surface area (Å²) >= 11 is 9.65. The van der Waals surface area contributed by atoms with Gasteiger partial charge in [-0.3, -0.25) is 9.69 Å². The van der Waals surface area contributed by atoms with Crippen LogP contribution in [0.1, 0.15) is 39.2 Å². The van der Waals surface area contributed by atoms with Crippen LogP contribution in [0, 0.1) is 22.6 Å². The molecule has 1 unspecified atom stereocenters. The Kier molecular flexibility index (Phi) is 7.72. The molecular formula is C27H28BrClFN3O4. The number of likely N-dealkylation sites (tertiary alicyclic amines) is 1. The van der Waals surface area contributed by atoms with E-state index in [1.807, 2.05) is 0 Å². The third-order valence-corrected chi connectivity index (χ3v) is 7.72. The average molecular weight is 593 g/mol. The second kappa shape index (κ2) is 10.5. The van der Waals surface area contributed by atoms with Crippen molar-refractivity contribution in [2.75, 3.05) is 24.5 Å². The van der Waals surface area contributed by atoms with Gasteiger partial charge in [0.2, 0.25) is 0 Å². The van der Waals surface area contributed by atoms with Gasteiger partial charge >= 0.3 is 6.09 Å². The minimum absolute atomic E-state index is 0.0336. The molecule has 0 radical (unpaired) electrons. The molecule has 2 aromatic carbocycles. The molecule has 2 heterocycles. The Hall–Kier alpha value is -2.83. The van der Waals surface area contributed by atoms with E-state index in [2.05, 4.69) is 22.0 Å². The van der Waals surface area contributed by atoms with Gasteiger partial charge in [0.15, 0.2) is 6.10 Å². The zero-order chi connectivity index (χ0) is 27.0. The summed E-state index contributed by atoms with van der Waals surface area (Å²) in [5, 5.41) is 10.3. The fraction of sp³-hybridized carbons (Fsp3) is 0.444. The average Bonchev–Trinajstić information content (AvgIpc) is 2.84. The van der Waals surface area contributed by atoms with Crippen LogP contribution in [0.3, 0.4) is 0 Å². The standard InChI is InChI=1S/C27H28BrClFN3O4/c1-26(2,3)37-25(35)33-15-23(36-22-12-19(28)20(29)13-21(22)33)24(34)32-10-8-27(16-31,9-11-32)14-17-4-6-18(30)7-5-17/h4-7,12-13,23H,8-11,14-15H2,1-3H3. The molecule has 2 aliphatic heterocycles. The Labute approximate surface area is 229 Å². The summed E-state index contributed by atoms with van der Waals surface area (Å²) in [6, 6.07) is 11.8. The quantitative estimate of drug-likeness (QED) is 0.429. The number of fused-ring (bicyclic) bond motifs is 1. The van der Waals surface area contributed by atoms with Crippen molar-refractivity contribution in [2.45, 2.75) is 51.7 Å². The van der Waals surface area contributed by atoms with E-state index in [1.165, 1.54) is 17.0 Å². The largest absolute Gasteiger partial charge is 0.476 e. The third-order valence-electron chi connectivity index (χ3n) is 6.52. The lowest BCUT2D eigenvalue weighted by Crippen LogP contribution is -2.54. The summed E-state index contributed by atoms with van der Waals surface area (Å²) in [6.07, 6.45) is -0.102. The van der Waals surface area contributed by atoms with Crippen molar-refractivity contribution in [3.63, 3.8) is 0 Å². The van der Waals surface area contributed by atoms with Crippen LogP contribution in [0.15, 0.2) is 40.9 Å². The number of nitrogens with zero attached hydrogens (tertiary/aromatic N) is 3. The number of ether oxygens (including phenoxy) is 2. The molecule has 2 aliphatic rings. The van der Waals surface area contributed by atoms with Gasteiger partial charge in [0.25, 0.3) is 5.91 Å². The number of hydrogen-bond donors (Lipinski definition) is 0. The van der Waals surface area contributed by atoms with Crippen molar-refractivity contribution in [3.05, 3.63) is 57.3 Å². The van der Waals surface area contributed by atoms with Crippen LogP contribution in [0.25, 0.3) is 0 Å². The Morgan fingerprint density at radius 1 is 1.24 bits per heavy atom. The van der Waals surface area contributed by atoms with Gasteiger partial charge in [-0.15, -0.1) is 0 Å². The maximum absolute atomic E-state index is 13.5. The zero-order valence-corrected chi connectivity index (χ0v) is 23.2. The highest BCUT2D eigenvalue weighted by molar-refractivity contribution is 9.10. The van der Waals surface area contributed by atoms with E-state index >= 15 is 0 Å². The predicted octanol–water partition coefficient (Wildman–Crippen LogP) is 6.12. The van der Waals surface area contributed by atoms with Gasteiger partial charge < -0.3 is 14.4 Å². The number of halogens is 3. The summed E-state index contributed by atoms with van der Waals surface area (Å²) in [7, 11) is 0. The Morgan fingerprint density at radius 3 is 2.49 bits per heavy atom. The maximum atomic E-state index is 13.5. The van der Waals surface area contributed by atoms with Crippen molar-refractivity contribution >= 4 is 45.2 Å². The van der Waals surface area contributed by atoms with Crippen molar-refractivity contribution in [1.29, 1.82) is 5.26 Å². The number of amides is 2. The van der Waals surface area contributed by atoms with Crippen LogP contribution in [-0.4, -0.2) is 48.2 Å². The lowest BCUT2D eigenvalue weighted by molar-refractivity contribution is -0.140. The monoisotopic (exact) mass is 591 g/mol. The molecule has 0 N–H and O–H groups in total. The van der Waals surface area contributed by atoms with E-state index in [-0.39, 0.29) is 18.3 Å². The first-order valence-electron chi connectivity index (χ1n) is 12.0. The maximum Gasteiger partial charge on any atom is 0.415 e. The van der Waals surface area contributed by atoms with E-state index in [0.29, 0.717) is 53.3 Å². The Balaban J connectivity index is 1.50. The molecule has 7 nitrogen and oxygen atoms in total. The fourth-order valence-corrected chi connectivity index (χ4v) is 5.06. The molecule has 0 aliphatic carbocycles. The molecule has 4 rings (SSSR count). The summed E-state index contributed by atoms with van der Waals surface area (Å²) in [5.74, 6) is -0.246. The molecule has 37 heavy (non-hydrogen) atoms. The van der Waals surface area contributed by atoms with E-state index in [1.54, 1.807) is 49.9 Å². The topological polar surface area (TPSA) is 82.9 Å². The summed E-state index contributed by atoms with van der Waals surface area (Å²) < 4.78 is 25.5. The highest BCUT2D eigenvalue weighted by Gasteiger charge is 2.42. The molecule has 1 fully saturated rings. The summed E-state index contributed by atoms with van der Waals surface area (Å²) in [6.45, 7) is 6.02. The van der Waals surface area contributed by atoms with Crippen molar-refractivity contribution in [2.24, 2.45) is 5.41 Å². The van der Waals surface area contributed by atoms with Crippen LogP contribution in [-0.2, 0) is 16.0 Å². The highest BCUT2D eigenvalue weighted by atomic mass is 79.9. The van der Waals surface area contributed by atoms with E-state index in [9.17, 15) is 19.2 Å². The summed E-state index contributed by atoms with van der Waals surface area (Å²) in [4.78, 5) is 29.6. The number of carbonyl (C=O) groups excluding carboxylic acids is 2. The smallest absolute Gasteiger partial charge is 0.415 e. The second-order valence-electron chi connectivity index (χ2n) is 10.5. The normalized spacial score (nSPS) is 18.9. The first-order valence-corrected chi connectivity index (χ1v) is 13.2. The number of benzene rings is 2. The number of anilines is 1. The Bertz CT molecular complexity index is 1230. The van der Waals surface area contributed by atoms with Gasteiger partial charge in [0.05, 0.1) is 28.7 Å². The number of piperidine rings is 1. The number of rotatable bonds is 3. The van der Waals surface area contributed by atoms with Crippen LogP contribution in [0.2, 0.25) is 5.02 Å². The van der Waals surface area contributed by atoms with Gasteiger partial charge in [-0.1, -0.05) is 23.7 Å². The van der Waals surface area contributed by atoms with Crippen molar-refractivity contribution < 1.29 is 23.5 Å². The molecule has 2 aromatic rings. The molecule has 1 saturated heterocycles. The summed E-state index contributed by atoms with van der Waals surface area (Å²) in [5.41, 5.74) is -0.0643. The highest BCUT2D eigenvalue weighted by Crippen LogP contribution is 2.41. The lowest BCUT2D eigenvalue weighted by Gasteiger charge is -2.41. The van der Waals surface area contributed by atoms with Gasteiger partial charge in [-0.2, -0.15) is 5.26 Å². The Morgan fingerprint density at radius 2 is 1.89 bits per heavy atom. The van der Waals surface area contributed by atoms with Crippen LogP contribution >= 0.6 is 27.5 Å². The predicted molar refractivity (Wildman–Crippen MR) is 141 cm³/mol. The molecule has 0 bridgehead atoms. The molecule has 1 atom stereocenters. The first-order chi connectivity index (χ1) is 17.4. The molecular weight excluding hydrogens is 565 g/mol. The molecule has 10 heteroatoms. The zero-order valence-electron chi connectivity index (χ0n) is 20.9. The number of carbonyl (C=O) groups is 2. The van der Waals surface area contributed by atoms with E-state index in [4.69, 9.17) is 21.1 Å². The number of nitriles is 1. The van der Waals surface area contributed by atoms with Crippen LogP contribution in [0.5, 0.6) is 5.75 Å². The second-order valence-corrected chi connectivity index (χ2v) is 11.7. The van der Waals surface area contributed by atoms with Gasteiger partial charge in [0.1, 0.15) is 17.2 Å². The van der Waals surface area contributed by atoms with Crippen molar-refractivity contribution in [3.8, 4) is 11.8 Å². The van der Waals surface area contributed by atoms with Crippen molar-refractivity contribution in [1.82, 2.24) is 4.90 Å². The molecule has 196 valence electrons. The van der Waals surface area contributed by atoms with E-state index < -0.39 is 23.2 Å². The minimum atomic E-state index is -0.945. The molecule has 0 saturated carbocycles. The third kappa shape index (κ3) is 6.19. The van der Waals surface area contributed by atoms with E-state index in [0.717, 1.165) is 5.56 Å². The SMILES string of the molecule is CC(C)(C)OC(=O)N1CC(C(=O)N2CCC(C#N)(Cc3ccc(F)cc3)CC2)Oc2cc(Br)c(Cl)cc21. The minimum Gasteiger partial charge on any atom is -0.476 e. The molecule has 2 amide bonds.